The van der Waals surface area contributed by atoms with E-state index in [1.165, 1.54) is 5.56 Å². The molecular formula is C13H18N2O3S. The summed E-state index contributed by atoms with van der Waals surface area (Å²) in [4.78, 5) is 17.7. The summed E-state index contributed by atoms with van der Waals surface area (Å²) in [6.07, 6.45) is 3.96. The molecule has 0 aromatic carbocycles. The average Bonchev–Trinajstić information content (AvgIpc) is 2.81. The van der Waals surface area contributed by atoms with Crippen LogP contribution in [-0.2, 0) is 20.7 Å². The van der Waals surface area contributed by atoms with Gasteiger partial charge in [0.15, 0.2) is 6.29 Å². The van der Waals surface area contributed by atoms with Gasteiger partial charge in [0.05, 0.1) is 5.75 Å². The predicted octanol–water partition coefficient (Wildman–Crippen LogP) is 1.14. The van der Waals surface area contributed by atoms with Crippen molar-refractivity contribution in [2.75, 3.05) is 26.5 Å². The first kappa shape index (κ1) is 14.3. The number of carbonyl (C=O) groups excluding carboxylic acids is 1. The summed E-state index contributed by atoms with van der Waals surface area (Å²) in [6.45, 7) is 0.670. The van der Waals surface area contributed by atoms with Crippen LogP contribution in [-0.4, -0.2) is 54.0 Å². The van der Waals surface area contributed by atoms with Crippen LogP contribution in [0.3, 0.4) is 0 Å². The van der Waals surface area contributed by atoms with Crippen molar-refractivity contribution < 1.29 is 14.3 Å². The molecule has 1 fully saturated rings. The van der Waals surface area contributed by atoms with Crippen molar-refractivity contribution in [1.82, 2.24) is 9.88 Å². The Labute approximate surface area is 117 Å². The Kier molecular flexibility index (Phi) is 5.18. The smallest absolute Gasteiger partial charge is 0.233 e. The summed E-state index contributed by atoms with van der Waals surface area (Å²) in [7, 11) is 3.19. The zero-order valence-corrected chi connectivity index (χ0v) is 11.9. The Bertz CT molecular complexity index is 412. The van der Waals surface area contributed by atoms with Gasteiger partial charge in [-0.3, -0.25) is 9.78 Å². The van der Waals surface area contributed by atoms with E-state index in [9.17, 15) is 4.79 Å². The lowest BCUT2D eigenvalue weighted by molar-refractivity contribution is -0.145. The van der Waals surface area contributed by atoms with Crippen molar-refractivity contribution >= 4 is 17.7 Å². The maximum atomic E-state index is 11.9. The highest BCUT2D eigenvalue weighted by Gasteiger charge is 2.37. The fourth-order valence-corrected chi connectivity index (χ4v) is 3.34. The van der Waals surface area contributed by atoms with Crippen molar-refractivity contribution in [3.05, 3.63) is 30.1 Å². The molecule has 6 heteroatoms. The van der Waals surface area contributed by atoms with Gasteiger partial charge in [0.25, 0.3) is 0 Å². The third-order valence-corrected chi connectivity index (χ3v) is 4.33. The van der Waals surface area contributed by atoms with Gasteiger partial charge in [0.1, 0.15) is 5.37 Å². The third-order valence-electron chi connectivity index (χ3n) is 3.09. The highest BCUT2D eigenvalue weighted by atomic mass is 32.2. The van der Waals surface area contributed by atoms with Crippen LogP contribution >= 0.6 is 11.8 Å². The van der Waals surface area contributed by atoms with E-state index in [1.807, 2.05) is 17.0 Å². The molecule has 19 heavy (non-hydrogen) atoms. The maximum absolute atomic E-state index is 11.9. The minimum absolute atomic E-state index is 0.0654. The fourth-order valence-electron chi connectivity index (χ4n) is 2.08. The molecule has 0 aliphatic carbocycles. The molecule has 0 radical (unpaired) electrons. The molecule has 1 aromatic rings. The van der Waals surface area contributed by atoms with E-state index in [0.29, 0.717) is 12.3 Å². The number of carbonyl (C=O) groups is 1. The number of pyridine rings is 1. The second-order valence-corrected chi connectivity index (χ2v) is 5.34. The molecule has 2 rings (SSSR count). The van der Waals surface area contributed by atoms with Crippen molar-refractivity contribution in [3.8, 4) is 0 Å². The van der Waals surface area contributed by atoms with Gasteiger partial charge in [0.2, 0.25) is 5.91 Å². The second kappa shape index (κ2) is 6.88. The van der Waals surface area contributed by atoms with Crippen LogP contribution in [0.25, 0.3) is 0 Å². The normalized spacial score (nSPS) is 19.4. The molecule has 1 aliphatic heterocycles. The van der Waals surface area contributed by atoms with Crippen molar-refractivity contribution in [3.63, 3.8) is 0 Å². The van der Waals surface area contributed by atoms with E-state index >= 15 is 0 Å². The van der Waals surface area contributed by atoms with E-state index in [1.54, 1.807) is 38.4 Å². The fraction of sp³-hybridized carbons (Fsp3) is 0.538. The molecule has 5 nitrogen and oxygen atoms in total. The number of ether oxygens (including phenoxy) is 2. The van der Waals surface area contributed by atoms with Crippen LogP contribution in [0.15, 0.2) is 24.5 Å². The summed E-state index contributed by atoms with van der Waals surface area (Å²) in [6, 6.07) is 3.93. The number of rotatable bonds is 6. The van der Waals surface area contributed by atoms with Crippen LogP contribution in [0.5, 0.6) is 0 Å². The zero-order valence-electron chi connectivity index (χ0n) is 11.1. The van der Waals surface area contributed by atoms with Gasteiger partial charge in [-0.15, -0.1) is 11.8 Å². The molecule has 2 heterocycles. The maximum Gasteiger partial charge on any atom is 0.233 e. The Hall–Kier alpha value is -1.11. The molecule has 1 unspecified atom stereocenters. The Morgan fingerprint density at radius 1 is 1.42 bits per heavy atom. The van der Waals surface area contributed by atoms with Crippen LogP contribution in [0, 0.1) is 0 Å². The molecule has 1 amide bonds. The van der Waals surface area contributed by atoms with Gasteiger partial charge in [-0.25, -0.2) is 0 Å². The largest absolute Gasteiger partial charge is 0.353 e. The number of thioether (sulfide) groups is 1. The first-order chi connectivity index (χ1) is 9.26. The molecule has 0 saturated carbocycles. The van der Waals surface area contributed by atoms with Crippen LogP contribution in [0.1, 0.15) is 5.56 Å². The Morgan fingerprint density at radius 3 is 2.74 bits per heavy atom. The van der Waals surface area contributed by atoms with Crippen molar-refractivity contribution in [2.24, 2.45) is 0 Å². The standard InChI is InChI=1S/C13H18N2O3S/c1-17-13(18-2)12-15(11(16)9-19-12)8-5-10-3-6-14-7-4-10/h3-4,6-7,12-13H,5,8-9H2,1-2H3. The minimum atomic E-state index is -0.381. The summed E-state index contributed by atoms with van der Waals surface area (Å²) < 4.78 is 10.5. The summed E-state index contributed by atoms with van der Waals surface area (Å²) >= 11 is 1.57. The Balaban J connectivity index is 1.98. The minimum Gasteiger partial charge on any atom is -0.353 e. The van der Waals surface area contributed by atoms with Crippen LogP contribution < -0.4 is 0 Å². The lowest BCUT2D eigenvalue weighted by atomic mass is 10.2. The Morgan fingerprint density at radius 2 is 2.11 bits per heavy atom. The number of methoxy groups -OCH3 is 2. The molecule has 1 atom stereocenters. The van der Waals surface area contributed by atoms with Gasteiger partial charge in [0, 0.05) is 33.2 Å². The van der Waals surface area contributed by atoms with E-state index in [-0.39, 0.29) is 17.6 Å². The van der Waals surface area contributed by atoms with Crippen LogP contribution in [0.4, 0.5) is 0 Å². The van der Waals surface area contributed by atoms with E-state index in [4.69, 9.17) is 9.47 Å². The average molecular weight is 282 g/mol. The zero-order chi connectivity index (χ0) is 13.7. The first-order valence-corrected chi connectivity index (χ1v) is 7.16. The summed E-state index contributed by atoms with van der Waals surface area (Å²) in [5, 5.41) is -0.0654. The van der Waals surface area contributed by atoms with Gasteiger partial charge < -0.3 is 14.4 Å². The van der Waals surface area contributed by atoms with Gasteiger partial charge in [-0.2, -0.15) is 0 Å². The van der Waals surface area contributed by atoms with Gasteiger partial charge in [-0.05, 0) is 24.1 Å². The molecule has 104 valence electrons. The SMILES string of the molecule is COC(OC)C1SCC(=O)N1CCc1ccncc1. The topological polar surface area (TPSA) is 51.7 Å². The monoisotopic (exact) mass is 282 g/mol. The van der Waals surface area contributed by atoms with Gasteiger partial charge in [-0.1, -0.05) is 0 Å². The van der Waals surface area contributed by atoms with E-state index in [2.05, 4.69) is 4.98 Å². The number of amides is 1. The van der Waals surface area contributed by atoms with Crippen molar-refractivity contribution in [2.45, 2.75) is 18.1 Å². The molecule has 1 aromatic heterocycles. The second-order valence-electron chi connectivity index (χ2n) is 4.23. The van der Waals surface area contributed by atoms with Gasteiger partial charge >= 0.3 is 0 Å². The predicted molar refractivity (Wildman–Crippen MR) is 73.7 cm³/mol. The molecule has 0 spiro atoms. The molecular weight excluding hydrogens is 264 g/mol. The molecule has 0 bridgehead atoms. The molecule has 0 N–H and O–H groups in total. The van der Waals surface area contributed by atoms with E-state index < -0.39 is 0 Å². The molecule has 1 saturated heterocycles. The first-order valence-electron chi connectivity index (χ1n) is 6.12. The van der Waals surface area contributed by atoms with Crippen LogP contribution in [0.2, 0.25) is 0 Å². The van der Waals surface area contributed by atoms with E-state index in [0.717, 1.165) is 6.42 Å². The summed E-state index contributed by atoms with van der Waals surface area (Å²) in [5.41, 5.74) is 1.17. The lowest BCUT2D eigenvalue weighted by Crippen LogP contribution is -2.42. The quantitative estimate of drug-likeness (QED) is 0.733. The number of nitrogens with zero attached hydrogens (tertiary/aromatic N) is 2. The molecule has 1 aliphatic rings. The highest BCUT2D eigenvalue weighted by molar-refractivity contribution is 8.01. The summed E-state index contributed by atoms with van der Waals surface area (Å²) in [5.74, 6) is 0.632. The third kappa shape index (κ3) is 3.46. The number of aromatic nitrogens is 1. The lowest BCUT2D eigenvalue weighted by Gasteiger charge is -2.28. The number of hydrogen-bond acceptors (Lipinski definition) is 5. The highest BCUT2D eigenvalue weighted by Crippen LogP contribution is 2.29. The number of hydrogen-bond donors (Lipinski definition) is 0. The van der Waals surface area contributed by atoms with Crippen molar-refractivity contribution in [1.29, 1.82) is 0 Å².